The van der Waals surface area contributed by atoms with Gasteiger partial charge in [0.05, 0.1) is 13.8 Å². The van der Waals surface area contributed by atoms with Crippen molar-refractivity contribution in [2.24, 2.45) is 5.92 Å². The standard InChI is InChI=1S/3C19H12NSe.C18H24NSi.C11H8N.C5H8O2.3Ir/c3*1-3-7-14(8-4-1)17-12-11-16-13-18(21-19(16)20-17)15-9-5-2-6-10-15;1-14(2)11-16-12-17(15-9-7-6-8-10-15)19-13-18(16)20(3,4)5;1-2-6-10(7-3-1)11-8-4-5-9-12-11;1-4(6)3-5(2)7;;;/h3*1-7,9-13H;6-9,12-14H,11H2,1-5H3;1-6,8-9H;3,6H,1-2H3;;;/q5*-1;;;;. The molecule has 14 heteroatoms. The van der Waals surface area contributed by atoms with Gasteiger partial charge in [0.2, 0.25) is 0 Å². The Balaban J connectivity index is 0.000000162. The maximum atomic E-state index is 10.0. The van der Waals surface area contributed by atoms with Gasteiger partial charge in [0.25, 0.3) is 0 Å². The van der Waals surface area contributed by atoms with Gasteiger partial charge >= 0.3 is 388 Å². The molecular weight excluding hydrogens is 2040 g/mol. The molecule has 16 rings (SSSR count). The van der Waals surface area contributed by atoms with Crippen molar-refractivity contribution >= 4 is 91.9 Å². The number of hydrogen-bond donors (Lipinski definition) is 1. The van der Waals surface area contributed by atoms with Crippen LogP contribution in [0.5, 0.6) is 0 Å². The van der Waals surface area contributed by atoms with E-state index < -0.39 is 8.07 Å². The van der Waals surface area contributed by atoms with Gasteiger partial charge < -0.3 is 15.1 Å². The van der Waals surface area contributed by atoms with E-state index in [2.05, 4.69) is 256 Å². The molecule has 0 amide bonds. The number of aliphatic hydroxyl groups excluding tert-OH is 1. The van der Waals surface area contributed by atoms with E-state index in [1.165, 1.54) is 90.0 Å². The van der Waals surface area contributed by atoms with Crippen LogP contribution in [0.4, 0.5) is 0 Å². The number of allylic oxidation sites excluding steroid dienone is 2. The van der Waals surface area contributed by atoms with Crippen LogP contribution in [-0.4, -0.2) is 87.4 Å². The zero-order valence-electron chi connectivity index (χ0n) is 59.0. The first-order valence-electron chi connectivity index (χ1n) is 33.7. The van der Waals surface area contributed by atoms with Crippen molar-refractivity contribution in [1.82, 2.24) is 24.9 Å². The molecular formula is C91H76Ir3N5O2Se3Si-5. The van der Waals surface area contributed by atoms with Crippen molar-refractivity contribution in [1.29, 1.82) is 0 Å². The molecule has 8 aromatic carbocycles. The Morgan fingerprint density at radius 2 is 0.743 bits per heavy atom. The number of aromatic nitrogens is 5. The van der Waals surface area contributed by atoms with Crippen molar-refractivity contribution < 1.29 is 70.2 Å². The first-order valence-corrected chi connectivity index (χ1v) is 42.3. The molecule has 0 saturated heterocycles. The number of benzene rings is 8. The first kappa shape index (κ1) is 82.3. The quantitative estimate of drug-likeness (QED) is 0.0563. The Morgan fingerprint density at radius 3 is 1.03 bits per heavy atom. The largest absolute Gasteiger partial charge is 0.305 e. The Hall–Kier alpha value is -8.34. The topological polar surface area (TPSA) is 102 Å². The Labute approximate surface area is 677 Å². The predicted molar refractivity (Wildman–Crippen MR) is 431 cm³/mol. The summed E-state index contributed by atoms with van der Waals surface area (Å²) in [6.45, 7) is 14.6. The molecule has 0 unspecified atom stereocenters. The van der Waals surface area contributed by atoms with Gasteiger partial charge in [-0.15, -0.1) is 71.8 Å². The van der Waals surface area contributed by atoms with Crippen LogP contribution in [0.2, 0.25) is 19.6 Å². The van der Waals surface area contributed by atoms with Crippen LogP contribution in [0.3, 0.4) is 0 Å². The number of hydrogen-bond acceptors (Lipinski definition) is 7. The average molecular weight is 2110 g/mol. The second-order valence-corrected chi connectivity index (χ2v) is 36.8. The van der Waals surface area contributed by atoms with Gasteiger partial charge in [0.15, 0.2) is 5.78 Å². The smallest absolute Gasteiger partial charge is 0.0160 e. The normalized spacial score (nSPS) is 10.6. The monoisotopic (exact) mass is 2120 g/mol. The van der Waals surface area contributed by atoms with E-state index in [9.17, 15) is 4.79 Å². The van der Waals surface area contributed by atoms with Crippen LogP contribution in [0.1, 0.15) is 33.3 Å². The van der Waals surface area contributed by atoms with Crippen molar-refractivity contribution in [2.75, 3.05) is 0 Å². The third-order valence-electron chi connectivity index (χ3n) is 15.8. The summed E-state index contributed by atoms with van der Waals surface area (Å²) in [5.41, 5.74) is 15.8. The summed E-state index contributed by atoms with van der Waals surface area (Å²) in [6.07, 6.45) is 6.19. The van der Waals surface area contributed by atoms with Gasteiger partial charge in [-0.1, -0.05) is 57.3 Å². The summed E-state index contributed by atoms with van der Waals surface area (Å²) in [7, 11) is -1.34. The van der Waals surface area contributed by atoms with Crippen LogP contribution in [0, 0.1) is 36.2 Å². The molecule has 105 heavy (non-hydrogen) atoms. The molecule has 0 fully saturated rings. The Kier molecular flexibility index (Phi) is 32.6. The van der Waals surface area contributed by atoms with Crippen molar-refractivity contribution in [3.05, 3.63) is 351 Å². The average Bonchev–Trinajstić information content (AvgIpc) is 1.66. The first-order chi connectivity index (χ1) is 49.7. The Morgan fingerprint density at radius 1 is 0.410 bits per heavy atom. The molecule has 0 saturated carbocycles. The van der Waals surface area contributed by atoms with E-state index in [1.807, 2.05) is 115 Å². The van der Waals surface area contributed by atoms with Crippen LogP contribution in [-0.2, 0) is 71.5 Å². The molecule has 0 atom stereocenters. The number of aliphatic hydroxyl groups is 1. The van der Waals surface area contributed by atoms with Crippen LogP contribution in [0.15, 0.2) is 315 Å². The van der Waals surface area contributed by atoms with Gasteiger partial charge in [-0.25, -0.2) is 0 Å². The molecule has 0 bridgehead atoms. The van der Waals surface area contributed by atoms with E-state index in [0.717, 1.165) is 62.7 Å². The molecule has 0 aliphatic heterocycles. The van der Waals surface area contributed by atoms with Gasteiger partial charge in [-0.05, 0) is 48.8 Å². The third-order valence-corrected chi connectivity index (χ3v) is 24.7. The minimum absolute atomic E-state index is 0. The number of nitrogens with zero attached hydrogens (tertiary/aromatic N) is 5. The number of rotatable bonds is 12. The zero-order chi connectivity index (χ0) is 71.1. The van der Waals surface area contributed by atoms with Gasteiger partial charge in [0, 0.05) is 78.8 Å². The molecule has 8 aromatic heterocycles. The molecule has 8 heterocycles. The van der Waals surface area contributed by atoms with E-state index in [0.29, 0.717) is 5.92 Å². The predicted octanol–water partition coefficient (Wildman–Crippen LogP) is 21.1. The van der Waals surface area contributed by atoms with Gasteiger partial charge in [-0.2, -0.15) is 0 Å². The molecule has 7 nitrogen and oxygen atoms in total. The zero-order valence-corrected chi connectivity index (χ0v) is 72.4. The summed E-state index contributed by atoms with van der Waals surface area (Å²) in [4.78, 5) is 33.5. The number of fused-ring (bicyclic) bond motifs is 3. The fourth-order valence-corrected chi connectivity index (χ4v) is 19.1. The number of carbonyl (C=O) groups excluding carboxylic acids is 1. The molecule has 531 valence electrons. The Bertz CT molecular complexity index is 4790. The molecule has 3 radical (unpaired) electrons. The summed E-state index contributed by atoms with van der Waals surface area (Å²) in [5, 5.41) is 13.6. The molecule has 0 aliphatic carbocycles. The minimum Gasteiger partial charge on any atom is -0.305 e. The van der Waals surface area contributed by atoms with Crippen molar-refractivity contribution in [2.45, 2.75) is 53.8 Å². The van der Waals surface area contributed by atoms with Crippen LogP contribution in [0.25, 0.3) is 116 Å². The van der Waals surface area contributed by atoms with Crippen LogP contribution >= 0.6 is 0 Å². The second-order valence-electron chi connectivity index (χ2n) is 25.3. The van der Waals surface area contributed by atoms with Gasteiger partial charge in [-0.3, -0.25) is 4.79 Å². The minimum atomic E-state index is -1.34. The molecule has 16 aromatic rings. The summed E-state index contributed by atoms with van der Waals surface area (Å²) in [6, 6.07) is 116. The van der Waals surface area contributed by atoms with E-state index in [1.54, 1.807) is 6.20 Å². The number of carbonyl (C=O) groups is 1. The van der Waals surface area contributed by atoms with E-state index in [4.69, 9.17) is 20.1 Å². The maximum Gasteiger partial charge on any atom is 0.0160 e. The summed E-state index contributed by atoms with van der Waals surface area (Å²) >= 11 is 0.838. The summed E-state index contributed by atoms with van der Waals surface area (Å²) in [5.74, 6) is 0.604. The number of ketones is 1. The summed E-state index contributed by atoms with van der Waals surface area (Å²) < 4.78 is 7.86. The second kappa shape index (κ2) is 41.5. The maximum absolute atomic E-state index is 10.0. The number of pyridine rings is 5. The van der Waals surface area contributed by atoms with Crippen LogP contribution < -0.4 is 5.19 Å². The molecule has 1 N–H and O–H groups in total. The fourth-order valence-electron chi connectivity index (χ4n) is 10.9. The third kappa shape index (κ3) is 24.3. The SMILES string of the molecule is CC(=O)C=C(C)O.CC(C)Cc1cc(-c2[c-]cccc2)ncc1[Si](C)(C)C.[Ir].[Ir].[Ir].[c-]1ccccc1-c1ccc2cc(-c3ccccc3)[se]c2n1.[c-]1ccccc1-c1ccc2cc(-c3ccccc3)[se]c2n1.[c-]1ccccc1-c1ccc2cc(-c3ccccc3)[se]c2n1.[c-]1ccccc1-c1ccccn1. The van der Waals surface area contributed by atoms with E-state index >= 15 is 0 Å². The molecule has 0 spiro atoms. The van der Waals surface area contributed by atoms with Crippen molar-refractivity contribution in [3.8, 4) is 86.3 Å². The van der Waals surface area contributed by atoms with Gasteiger partial charge in [0.1, 0.15) is 0 Å². The molecule has 0 aliphatic rings. The van der Waals surface area contributed by atoms with Crippen molar-refractivity contribution in [3.63, 3.8) is 0 Å². The van der Waals surface area contributed by atoms with E-state index in [-0.39, 0.29) is 115 Å². The fraction of sp³-hybridized carbons (Fsp3) is 0.0989.